The predicted molar refractivity (Wildman–Crippen MR) is 347 cm³/mol. The molecule has 0 spiro atoms. The molecule has 0 aromatic heterocycles. The van der Waals surface area contributed by atoms with E-state index in [2.05, 4.69) is 52.8 Å². The number of benzene rings is 3. The Kier molecular flexibility index (Phi) is 34.0. The molecule has 512 valence electrons. The lowest BCUT2D eigenvalue weighted by Crippen LogP contribution is -2.49. The lowest BCUT2D eigenvalue weighted by molar-refractivity contribution is -0.140. The van der Waals surface area contributed by atoms with Crippen LogP contribution in [0.1, 0.15) is 95.2 Å². The minimum Gasteiger partial charge on any atom is -0.508 e. The highest BCUT2D eigenvalue weighted by molar-refractivity contribution is 5.93. The molecule has 30 heteroatoms. The number of guanidine groups is 1. The Hall–Kier alpha value is -9.13. The SMILES string of the molecule is CCC(=O)NCCNC(=O)/N=C(/N)NCCC[C@@H](NC(=O)C(c1ccccc1)c1ccc(NCCCNC(=O)[C@@H](CCCCNC(=O)CN2CCN(CC(=O)O)CCN(CC(=O)O)CCN(CC(=O)O)CC2)NC(=O)OC(C)(C)C)cc1)C(=O)NCc1ccc(O)cc1. The van der Waals surface area contributed by atoms with Gasteiger partial charge in [-0.15, -0.1) is 0 Å². The number of carboxylic acids is 3. The van der Waals surface area contributed by atoms with Gasteiger partial charge >= 0.3 is 30.0 Å². The van der Waals surface area contributed by atoms with Crippen LogP contribution in [-0.2, 0) is 49.6 Å². The summed E-state index contributed by atoms with van der Waals surface area (Å²) in [6.45, 7) is 9.52. The van der Waals surface area contributed by atoms with E-state index in [0.717, 1.165) is 11.3 Å². The van der Waals surface area contributed by atoms with Crippen LogP contribution < -0.4 is 53.6 Å². The van der Waals surface area contributed by atoms with Gasteiger partial charge in [-0.2, -0.15) is 4.99 Å². The number of hydrogen-bond donors (Lipinski definition) is 14. The zero-order valence-electron chi connectivity index (χ0n) is 53.7. The van der Waals surface area contributed by atoms with E-state index >= 15 is 0 Å². The van der Waals surface area contributed by atoms with Crippen LogP contribution in [0, 0.1) is 0 Å². The Bertz CT molecular complexity index is 2870. The first-order valence-corrected chi connectivity index (χ1v) is 31.3. The Morgan fingerprint density at radius 1 is 0.527 bits per heavy atom. The molecule has 1 saturated heterocycles. The van der Waals surface area contributed by atoms with Crippen LogP contribution in [0.25, 0.3) is 0 Å². The summed E-state index contributed by atoms with van der Waals surface area (Å²) in [6, 6.07) is 20.0. The van der Waals surface area contributed by atoms with Gasteiger partial charge in [-0.1, -0.05) is 61.5 Å². The summed E-state index contributed by atoms with van der Waals surface area (Å²) < 4.78 is 5.46. The van der Waals surface area contributed by atoms with E-state index in [9.17, 15) is 68.4 Å². The number of rotatable bonds is 35. The summed E-state index contributed by atoms with van der Waals surface area (Å²) in [7, 11) is 0. The summed E-state index contributed by atoms with van der Waals surface area (Å²) in [4.78, 5) is 137. The Morgan fingerprint density at radius 3 is 1.58 bits per heavy atom. The number of urea groups is 1. The van der Waals surface area contributed by atoms with Crippen LogP contribution in [0.15, 0.2) is 83.9 Å². The van der Waals surface area contributed by atoms with Crippen molar-refractivity contribution < 1.29 is 73.1 Å². The zero-order chi connectivity index (χ0) is 68.1. The van der Waals surface area contributed by atoms with E-state index in [0.29, 0.717) is 49.8 Å². The van der Waals surface area contributed by atoms with Gasteiger partial charge in [0.1, 0.15) is 23.4 Å². The number of nitrogens with one attached hydrogen (secondary N) is 9. The van der Waals surface area contributed by atoms with Gasteiger partial charge in [0.15, 0.2) is 5.96 Å². The molecule has 1 aliphatic heterocycles. The molecule has 0 radical (unpaired) electrons. The first-order chi connectivity index (χ1) is 44.4. The van der Waals surface area contributed by atoms with E-state index in [4.69, 9.17) is 10.5 Å². The summed E-state index contributed by atoms with van der Waals surface area (Å²) in [5, 5.41) is 64.0. The number of alkyl carbamates (subject to hydrolysis) is 1. The minimum absolute atomic E-state index is 0.0615. The fourth-order valence-corrected chi connectivity index (χ4v) is 9.71. The molecular weight excluding hydrogens is 1210 g/mol. The van der Waals surface area contributed by atoms with E-state index in [-0.39, 0.29) is 154 Å². The third-order valence-corrected chi connectivity index (χ3v) is 14.5. The Labute approximate surface area is 542 Å². The number of nitrogens with two attached hydrogens (primary N) is 1. The number of carboxylic acid groups (broad SMARTS) is 3. The molecule has 1 fully saturated rings. The maximum atomic E-state index is 14.5. The first kappa shape index (κ1) is 76.3. The van der Waals surface area contributed by atoms with E-state index in [1.54, 1.807) is 54.5 Å². The average Bonchev–Trinajstić information content (AvgIpc) is 1.26. The second kappa shape index (κ2) is 41.4. The molecule has 3 aromatic carbocycles. The number of anilines is 1. The second-order valence-electron chi connectivity index (χ2n) is 23.3. The van der Waals surface area contributed by atoms with Gasteiger partial charge in [0.2, 0.25) is 29.5 Å². The van der Waals surface area contributed by atoms with Crippen molar-refractivity contribution in [1.29, 1.82) is 0 Å². The number of unbranched alkanes of at least 4 members (excludes halogenated alkanes) is 1. The van der Waals surface area contributed by atoms with Crippen molar-refractivity contribution in [3.05, 3.63) is 95.6 Å². The van der Waals surface area contributed by atoms with Crippen LogP contribution in [0.4, 0.5) is 15.3 Å². The number of carbonyl (C=O) groups excluding carboxylic acids is 7. The topological polar surface area (TPSA) is 420 Å². The molecule has 0 aliphatic carbocycles. The molecule has 30 nitrogen and oxygen atoms in total. The van der Waals surface area contributed by atoms with Crippen LogP contribution in [-0.4, -0.2) is 241 Å². The third-order valence-electron chi connectivity index (χ3n) is 14.5. The van der Waals surface area contributed by atoms with Crippen molar-refractivity contribution >= 4 is 71.2 Å². The number of aliphatic carboxylic acids is 3. The molecule has 1 aliphatic rings. The second-order valence-corrected chi connectivity index (χ2v) is 23.3. The van der Waals surface area contributed by atoms with Gasteiger partial charge in [0.05, 0.1) is 32.1 Å². The van der Waals surface area contributed by atoms with Crippen LogP contribution >= 0.6 is 0 Å². The van der Waals surface area contributed by atoms with Crippen molar-refractivity contribution in [2.45, 2.75) is 103 Å². The van der Waals surface area contributed by atoms with Crippen molar-refractivity contribution in [3.63, 3.8) is 0 Å². The summed E-state index contributed by atoms with van der Waals surface area (Å²) in [6.07, 6.45) is 1.58. The molecule has 15 N–H and O–H groups in total. The van der Waals surface area contributed by atoms with Crippen molar-refractivity contribution in [1.82, 2.24) is 62.1 Å². The largest absolute Gasteiger partial charge is 0.508 e. The standard InChI is InChI=1S/C63H95N15O15/c1-5-51(80)67-29-30-70-61(91)74-60(64)69-26-11-16-49(58(89)71-39-44-17-23-48(79)24-18-44)72-59(90)56(45-13-7-6-8-14-45)46-19-21-47(22-20-46)65-27-12-28-68-57(88)50(73-62(92)93-63(2,3)4)15-9-10-25-66-52(81)40-75-31-33-76(41-53(82)83)35-37-78(43-55(86)87)38-36-77(34-32-75)42-54(84)85/h6-8,13-14,17-24,49-50,56,65,79H,5,9-12,15-16,25-43H2,1-4H3,(H,66,81)(H,67,80)(H,68,88)(H,71,89)(H,72,90)(H,73,92)(H,82,83)(H,84,85)(H,86,87)(H4,64,69,70,74,91)/t49-,50-,56?/m1/s1. The van der Waals surface area contributed by atoms with Crippen molar-refractivity contribution in [2.24, 2.45) is 10.7 Å². The quantitative estimate of drug-likeness (QED) is 0.0220. The number of nitrogens with zero attached hydrogens (tertiary/aromatic N) is 5. The van der Waals surface area contributed by atoms with E-state index < -0.39 is 71.4 Å². The minimum atomic E-state index is -1.06. The number of amides is 8. The monoisotopic (exact) mass is 1300 g/mol. The average molecular weight is 1300 g/mol. The summed E-state index contributed by atoms with van der Waals surface area (Å²) in [5.74, 6) is -5.92. The molecule has 3 aromatic rings. The van der Waals surface area contributed by atoms with Crippen LogP contribution in [0.2, 0.25) is 0 Å². The molecule has 3 atom stereocenters. The van der Waals surface area contributed by atoms with E-state index in [1.807, 2.05) is 59.5 Å². The number of hydrogen-bond acceptors (Lipinski definition) is 17. The number of phenolic OH excluding ortho intramolecular Hbond substituents is 1. The highest BCUT2D eigenvalue weighted by Gasteiger charge is 2.29. The molecule has 8 amide bonds. The molecule has 0 bridgehead atoms. The Balaban J connectivity index is 1.33. The van der Waals surface area contributed by atoms with Crippen molar-refractivity contribution in [2.75, 3.05) is 123 Å². The highest BCUT2D eigenvalue weighted by Crippen LogP contribution is 2.27. The smallest absolute Gasteiger partial charge is 0.408 e. The van der Waals surface area contributed by atoms with E-state index in [1.165, 1.54) is 12.1 Å². The van der Waals surface area contributed by atoms with Crippen molar-refractivity contribution in [3.8, 4) is 5.75 Å². The molecule has 0 saturated carbocycles. The fourth-order valence-electron chi connectivity index (χ4n) is 9.71. The number of aliphatic imine (C=N–C) groups is 1. The Morgan fingerprint density at radius 2 is 1.02 bits per heavy atom. The predicted octanol–water partition coefficient (Wildman–Crippen LogP) is 0.819. The number of phenols is 1. The molecule has 1 unspecified atom stereocenters. The maximum absolute atomic E-state index is 14.5. The third kappa shape index (κ3) is 32.6. The molecule has 93 heavy (non-hydrogen) atoms. The maximum Gasteiger partial charge on any atom is 0.408 e. The number of aromatic hydroxyl groups is 1. The van der Waals surface area contributed by atoms with Gasteiger partial charge < -0.3 is 78.7 Å². The summed E-state index contributed by atoms with van der Waals surface area (Å²) >= 11 is 0. The lowest BCUT2D eigenvalue weighted by atomic mass is 9.90. The first-order valence-electron chi connectivity index (χ1n) is 31.3. The number of carbonyl (C=O) groups is 10. The van der Waals surface area contributed by atoms with Gasteiger partial charge in [-0.05, 0) is 100 Å². The number of ether oxygens (including phenoxy) is 1. The van der Waals surface area contributed by atoms with Crippen LogP contribution in [0.3, 0.4) is 0 Å². The summed E-state index contributed by atoms with van der Waals surface area (Å²) in [5.41, 5.74) is 7.87. The molecule has 1 heterocycles. The van der Waals surface area contributed by atoms with Gasteiger partial charge in [0, 0.05) is 110 Å². The zero-order valence-corrected chi connectivity index (χ0v) is 53.7. The molecular formula is C63H95N15O15. The normalized spacial score (nSPS) is 14.9. The fraction of sp³-hybridized carbons (Fsp3) is 0.540. The van der Waals surface area contributed by atoms with Gasteiger partial charge in [0.25, 0.3) is 0 Å². The van der Waals surface area contributed by atoms with Gasteiger partial charge in [-0.3, -0.25) is 58.0 Å². The molecule has 4 rings (SSSR count). The lowest BCUT2D eigenvalue weighted by Gasteiger charge is -2.32. The van der Waals surface area contributed by atoms with Gasteiger partial charge in [-0.25, -0.2) is 9.59 Å². The highest BCUT2D eigenvalue weighted by atomic mass is 16.6. The van der Waals surface area contributed by atoms with Crippen LogP contribution in [0.5, 0.6) is 5.75 Å².